The number of hydrogen-bond donors (Lipinski definition) is 2. The zero-order chi connectivity index (χ0) is 19.6. The predicted molar refractivity (Wildman–Crippen MR) is 104 cm³/mol. The molecule has 0 radical (unpaired) electrons. The number of carbonyl (C=O) groups is 2. The Balaban J connectivity index is 1.50. The van der Waals surface area contributed by atoms with Gasteiger partial charge in [0.25, 0.3) is 5.91 Å². The molecule has 1 aliphatic carbocycles. The van der Waals surface area contributed by atoms with E-state index < -0.39 is 5.41 Å². The van der Waals surface area contributed by atoms with Crippen molar-refractivity contribution in [3.05, 3.63) is 84.1 Å². The van der Waals surface area contributed by atoms with Crippen molar-refractivity contribution < 1.29 is 18.4 Å². The van der Waals surface area contributed by atoms with E-state index in [1.54, 1.807) is 48.5 Å². The van der Waals surface area contributed by atoms with E-state index >= 15 is 0 Å². The minimum absolute atomic E-state index is 0.125. The summed E-state index contributed by atoms with van der Waals surface area (Å²) >= 11 is 0. The average molecular weight is 378 g/mol. The van der Waals surface area contributed by atoms with Crippen molar-refractivity contribution in [1.82, 2.24) is 0 Å². The molecule has 0 atom stereocenters. The second kappa shape index (κ2) is 7.31. The largest absolute Gasteiger partial charge is 0.459 e. The van der Waals surface area contributed by atoms with Gasteiger partial charge in [-0.15, -0.1) is 0 Å². The smallest absolute Gasteiger partial charge is 0.291 e. The molecule has 5 nitrogen and oxygen atoms in total. The Hall–Kier alpha value is -3.41. The van der Waals surface area contributed by atoms with Crippen LogP contribution < -0.4 is 10.6 Å². The Morgan fingerprint density at radius 1 is 0.929 bits per heavy atom. The second-order valence-corrected chi connectivity index (χ2v) is 6.91. The first-order valence-corrected chi connectivity index (χ1v) is 9.09. The van der Waals surface area contributed by atoms with Gasteiger partial charge >= 0.3 is 0 Å². The summed E-state index contributed by atoms with van der Waals surface area (Å²) < 4.78 is 18.3. The number of carbonyl (C=O) groups excluding carboxylic acids is 2. The number of amides is 2. The molecule has 6 heteroatoms. The molecular weight excluding hydrogens is 359 g/mol. The fourth-order valence-electron chi connectivity index (χ4n) is 3.47. The monoisotopic (exact) mass is 378 g/mol. The fourth-order valence-corrected chi connectivity index (χ4v) is 3.47. The Morgan fingerprint density at radius 3 is 2.25 bits per heavy atom. The highest BCUT2D eigenvalue weighted by Crippen LogP contribution is 2.44. The van der Waals surface area contributed by atoms with Crippen LogP contribution in [0.5, 0.6) is 0 Å². The molecule has 142 valence electrons. The van der Waals surface area contributed by atoms with Gasteiger partial charge in [0.1, 0.15) is 5.82 Å². The van der Waals surface area contributed by atoms with Gasteiger partial charge in [-0.3, -0.25) is 9.59 Å². The van der Waals surface area contributed by atoms with Crippen LogP contribution >= 0.6 is 0 Å². The summed E-state index contributed by atoms with van der Waals surface area (Å²) in [6, 6.07) is 16.3. The van der Waals surface area contributed by atoms with E-state index in [1.165, 1.54) is 18.4 Å². The van der Waals surface area contributed by atoms with Crippen molar-refractivity contribution in [2.24, 2.45) is 0 Å². The van der Waals surface area contributed by atoms with Gasteiger partial charge in [0.15, 0.2) is 5.76 Å². The molecular formula is C22H19FN2O3. The molecule has 1 fully saturated rings. The van der Waals surface area contributed by atoms with Gasteiger partial charge in [-0.1, -0.05) is 24.6 Å². The molecule has 1 saturated carbocycles. The standard InChI is InChI=1S/C22H19FN2O3/c23-16-9-7-15(8-10-16)22(11-3-12-22)21(27)25-18-5-1-4-17(14-18)24-20(26)19-6-2-13-28-19/h1-2,4-10,13-14H,3,11-12H2,(H,24,26)(H,25,27). The summed E-state index contributed by atoms with van der Waals surface area (Å²) in [4.78, 5) is 25.1. The minimum Gasteiger partial charge on any atom is -0.459 e. The third kappa shape index (κ3) is 3.41. The lowest BCUT2D eigenvalue weighted by Gasteiger charge is -2.40. The van der Waals surface area contributed by atoms with Gasteiger partial charge in [0.05, 0.1) is 11.7 Å². The lowest BCUT2D eigenvalue weighted by atomic mass is 9.64. The third-order valence-corrected chi connectivity index (χ3v) is 5.16. The number of halogens is 1. The van der Waals surface area contributed by atoms with Crippen LogP contribution in [-0.4, -0.2) is 11.8 Å². The van der Waals surface area contributed by atoms with Gasteiger partial charge < -0.3 is 15.1 Å². The van der Waals surface area contributed by atoms with Crippen molar-refractivity contribution in [3.8, 4) is 0 Å². The molecule has 1 aromatic heterocycles. The topological polar surface area (TPSA) is 71.3 Å². The highest BCUT2D eigenvalue weighted by molar-refractivity contribution is 6.03. The lowest BCUT2D eigenvalue weighted by Crippen LogP contribution is -2.46. The van der Waals surface area contributed by atoms with Gasteiger partial charge in [-0.25, -0.2) is 4.39 Å². The molecule has 0 bridgehead atoms. The van der Waals surface area contributed by atoms with E-state index in [0.29, 0.717) is 11.4 Å². The highest BCUT2D eigenvalue weighted by atomic mass is 19.1. The minimum atomic E-state index is -0.638. The molecule has 4 rings (SSSR count). The molecule has 3 aromatic rings. The highest BCUT2D eigenvalue weighted by Gasteiger charge is 2.45. The molecule has 28 heavy (non-hydrogen) atoms. The Morgan fingerprint density at radius 2 is 1.64 bits per heavy atom. The van der Waals surface area contributed by atoms with Crippen molar-refractivity contribution in [3.63, 3.8) is 0 Å². The maximum atomic E-state index is 13.3. The number of hydrogen-bond acceptors (Lipinski definition) is 3. The van der Waals surface area contributed by atoms with E-state index in [2.05, 4.69) is 10.6 Å². The van der Waals surface area contributed by atoms with Crippen molar-refractivity contribution in [1.29, 1.82) is 0 Å². The summed E-state index contributed by atoms with van der Waals surface area (Å²) in [6.07, 6.45) is 3.82. The van der Waals surface area contributed by atoms with Gasteiger partial charge in [0, 0.05) is 11.4 Å². The van der Waals surface area contributed by atoms with E-state index in [0.717, 1.165) is 24.8 Å². The molecule has 2 N–H and O–H groups in total. The zero-order valence-corrected chi connectivity index (χ0v) is 15.1. The van der Waals surface area contributed by atoms with Crippen LogP contribution in [0.25, 0.3) is 0 Å². The summed E-state index contributed by atoms with van der Waals surface area (Å²) in [5.74, 6) is -0.604. The van der Waals surface area contributed by atoms with E-state index in [1.807, 2.05) is 0 Å². The van der Waals surface area contributed by atoms with Crippen molar-refractivity contribution in [2.75, 3.05) is 10.6 Å². The van der Waals surface area contributed by atoms with Crippen LogP contribution in [0.2, 0.25) is 0 Å². The normalized spacial score (nSPS) is 14.8. The number of rotatable bonds is 5. The molecule has 0 saturated heterocycles. The molecule has 2 amide bonds. The first-order valence-electron chi connectivity index (χ1n) is 9.09. The Kier molecular flexibility index (Phi) is 4.69. The Bertz CT molecular complexity index is 993. The van der Waals surface area contributed by atoms with Gasteiger partial charge in [-0.05, 0) is 60.9 Å². The Labute approximate surface area is 161 Å². The van der Waals surface area contributed by atoms with E-state index in [-0.39, 0.29) is 23.4 Å². The first-order chi connectivity index (χ1) is 13.6. The van der Waals surface area contributed by atoms with Crippen LogP contribution in [0.3, 0.4) is 0 Å². The third-order valence-electron chi connectivity index (χ3n) is 5.16. The van der Waals surface area contributed by atoms with Crippen LogP contribution in [0, 0.1) is 5.82 Å². The predicted octanol–water partition coefficient (Wildman–Crippen LogP) is 4.73. The number of anilines is 2. The van der Waals surface area contributed by atoms with Gasteiger partial charge in [-0.2, -0.15) is 0 Å². The summed E-state index contributed by atoms with van der Waals surface area (Å²) in [6.45, 7) is 0. The van der Waals surface area contributed by atoms with Crippen LogP contribution in [0.4, 0.5) is 15.8 Å². The molecule has 1 heterocycles. The van der Waals surface area contributed by atoms with Crippen molar-refractivity contribution in [2.45, 2.75) is 24.7 Å². The molecule has 0 aliphatic heterocycles. The zero-order valence-electron chi connectivity index (χ0n) is 15.1. The van der Waals surface area contributed by atoms with E-state index in [9.17, 15) is 14.0 Å². The number of benzene rings is 2. The van der Waals surface area contributed by atoms with Crippen LogP contribution in [0.15, 0.2) is 71.3 Å². The van der Waals surface area contributed by atoms with Crippen molar-refractivity contribution >= 4 is 23.2 Å². The SMILES string of the molecule is O=C(Nc1cccc(NC(=O)C2(c3ccc(F)cc3)CCC2)c1)c1ccco1. The molecule has 0 spiro atoms. The van der Waals surface area contributed by atoms with Crippen LogP contribution in [-0.2, 0) is 10.2 Å². The fraction of sp³-hybridized carbons (Fsp3) is 0.182. The molecule has 0 unspecified atom stereocenters. The summed E-state index contributed by atoms with van der Waals surface area (Å²) in [7, 11) is 0. The quantitative estimate of drug-likeness (QED) is 0.674. The second-order valence-electron chi connectivity index (χ2n) is 6.91. The van der Waals surface area contributed by atoms with Gasteiger partial charge in [0.2, 0.25) is 5.91 Å². The molecule has 1 aliphatic rings. The maximum Gasteiger partial charge on any atom is 0.291 e. The van der Waals surface area contributed by atoms with E-state index in [4.69, 9.17) is 4.42 Å². The average Bonchev–Trinajstić information content (AvgIpc) is 3.17. The first kappa shape index (κ1) is 18.0. The lowest BCUT2D eigenvalue weighted by molar-refractivity contribution is -0.124. The summed E-state index contributed by atoms with van der Waals surface area (Å²) in [5.41, 5.74) is 1.31. The summed E-state index contributed by atoms with van der Waals surface area (Å²) in [5, 5.41) is 5.68. The molecule has 2 aromatic carbocycles. The maximum absolute atomic E-state index is 13.3. The van der Waals surface area contributed by atoms with Crippen LogP contribution in [0.1, 0.15) is 35.4 Å². The number of nitrogens with one attached hydrogen (secondary N) is 2. The number of furan rings is 1.